The van der Waals surface area contributed by atoms with Crippen LogP contribution in [0.1, 0.15) is 26.7 Å². The van der Waals surface area contributed by atoms with Crippen molar-refractivity contribution in [3.8, 4) is 0 Å². The zero-order valence-electron chi connectivity index (χ0n) is 9.83. The van der Waals surface area contributed by atoms with Gasteiger partial charge >= 0.3 is 0 Å². The van der Waals surface area contributed by atoms with Crippen molar-refractivity contribution in [3.05, 3.63) is 0 Å². The van der Waals surface area contributed by atoms with Crippen molar-refractivity contribution in [2.75, 3.05) is 17.3 Å². The predicted octanol–water partition coefficient (Wildman–Crippen LogP) is 4.55. The standard InChI is InChI=1S/C10H17BrN2S3/c1-4-10(5-2,6-11)7-15-9-13-12-8(14-3)16-9/h4-7H2,1-3H3. The van der Waals surface area contributed by atoms with Gasteiger partial charge in [0.05, 0.1) is 0 Å². The van der Waals surface area contributed by atoms with Crippen LogP contribution in [0.3, 0.4) is 0 Å². The van der Waals surface area contributed by atoms with Gasteiger partial charge in [0, 0.05) is 11.1 Å². The van der Waals surface area contributed by atoms with E-state index in [2.05, 4.69) is 40.0 Å². The Bertz CT molecular complexity index is 305. The molecule has 1 aromatic rings. The monoisotopic (exact) mass is 340 g/mol. The van der Waals surface area contributed by atoms with E-state index in [4.69, 9.17) is 0 Å². The second-order valence-electron chi connectivity index (χ2n) is 3.67. The van der Waals surface area contributed by atoms with Crippen LogP contribution in [0.25, 0.3) is 0 Å². The van der Waals surface area contributed by atoms with Gasteiger partial charge in [0.1, 0.15) is 0 Å². The summed E-state index contributed by atoms with van der Waals surface area (Å²) in [6.45, 7) is 4.53. The average Bonchev–Trinajstić information content (AvgIpc) is 2.80. The summed E-state index contributed by atoms with van der Waals surface area (Å²) >= 11 is 8.83. The first-order valence-electron chi connectivity index (χ1n) is 5.26. The molecule has 0 bridgehead atoms. The molecule has 1 heterocycles. The first kappa shape index (κ1) is 14.8. The minimum atomic E-state index is 0.399. The lowest BCUT2D eigenvalue weighted by atomic mass is 9.87. The van der Waals surface area contributed by atoms with Gasteiger partial charge in [0.15, 0.2) is 8.68 Å². The molecule has 1 aromatic heterocycles. The lowest BCUT2D eigenvalue weighted by Crippen LogP contribution is -2.23. The fourth-order valence-corrected chi connectivity index (χ4v) is 5.34. The molecule has 0 saturated carbocycles. The minimum absolute atomic E-state index is 0.399. The van der Waals surface area contributed by atoms with Crippen molar-refractivity contribution < 1.29 is 0 Å². The number of rotatable bonds is 7. The summed E-state index contributed by atoms with van der Waals surface area (Å²) in [6, 6.07) is 0. The van der Waals surface area contributed by atoms with Gasteiger partial charge in [-0.2, -0.15) is 0 Å². The summed E-state index contributed by atoms with van der Waals surface area (Å²) in [6.07, 6.45) is 4.45. The molecule has 6 heteroatoms. The van der Waals surface area contributed by atoms with E-state index in [0.29, 0.717) is 5.41 Å². The molecule has 0 aliphatic carbocycles. The summed E-state index contributed by atoms with van der Waals surface area (Å²) in [5, 5.41) is 9.36. The summed E-state index contributed by atoms with van der Waals surface area (Å²) in [4.78, 5) is 0. The second-order valence-corrected chi connectivity index (χ2v) is 7.48. The van der Waals surface area contributed by atoms with Crippen molar-refractivity contribution >= 4 is 50.8 Å². The quantitative estimate of drug-likeness (QED) is 0.537. The van der Waals surface area contributed by atoms with Gasteiger partial charge in [-0.15, -0.1) is 10.2 Å². The third-order valence-electron chi connectivity index (χ3n) is 2.85. The molecule has 0 fully saturated rings. The molecule has 1 rings (SSSR count). The summed E-state index contributed by atoms with van der Waals surface area (Å²) in [7, 11) is 0. The molecule has 0 radical (unpaired) electrons. The molecular weight excluding hydrogens is 324 g/mol. The molecule has 0 aliphatic heterocycles. The van der Waals surface area contributed by atoms with Crippen LogP contribution in [-0.2, 0) is 0 Å². The molecule has 16 heavy (non-hydrogen) atoms. The second kappa shape index (κ2) is 7.24. The SMILES string of the molecule is CCC(CC)(CBr)CSc1nnc(SC)s1. The van der Waals surface area contributed by atoms with Crippen molar-refractivity contribution in [2.24, 2.45) is 5.41 Å². The van der Waals surface area contributed by atoms with E-state index in [1.54, 1.807) is 23.1 Å². The number of hydrogen-bond donors (Lipinski definition) is 0. The van der Waals surface area contributed by atoms with Crippen LogP contribution in [0.15, 0.2) is 8.68 Å². The first-order valence-corrected chi connectivity index (χ1v) is 9.40. The Morgan fingerprint density at radius 2 is 1.88 bits per heavy atom. The topological polar surface area (TPSA) is 25.8 Å². The van der Waals surface area contributed by atoms with Crippen LogP contribution in [0, 0.1) is 5.41 Å². The van der Waals surface area contributed by atoms with E-state index in [9.17, 15) is 0 Å². The fourth-order valence-electron chi connectivity index (χ4n) is 1.23. The van der Waals surface area contributed by atoms with Gasteiger partial charge in [0.25, 0.3) is 0 Å². The first-order chi connectivity index (χ1) is 7.69. The lowest BCUT2D eigenvalue weighted by molar-refractivity contribution is 0.359. The Kier molecular flexibility index (Phi) is 6.69. The van der Waals surface area contributed by atoms with Crippen LogP contribution >= 0.6 is 50.8 Å². The highest BCUT2D eigenvalue weighted by Crippen LogP contribution is 2.37. The number of aromatic nitrogens is 2. The molecule has 0 N–H and O–H groups in total. The summed E-state index contributed by atoms with van der Waals surface area (Å²) in [5.41, 5.74) is 0.399. The molecule has 0 spiro atoms. The van der Waals surface area contributed by atoms with E-state index in [1.807, 2.05) is 18.0 Å². The highest BCUT2D eigenvalue weighted by molar-refractivity contribution is 9.09. The van der Waals surface area contributed by atoms with Crippen molar-refractivity contribution in [2.45, 2.75) is 35.4 Å². The number of alkyl halides is 1. The maximum Gasteiger partial charge on any atom is 0.175 e. The van der Waals surface area contributed by atoms with Crippen LogP contribution in [0.4, 0.5) is 0 Å². The largest absolute Gasteiger partial charge is 0.175 e. The lowest BCUT2D eigenvalue weighted by Gasteiger charge is -2.28. The maximum absolute atomic E-state index is 4.19. The zero-order chi connectivity index (χ0) is 12.0. The van der Waals surface area contributed by atoms with Gasteiger partial charge in [-0.1, -0.05) is 64.6 Å². The Morgan fingerprint density at radius 3 is 2.31 bits per heavy atom. The van der Waals surface area contributed by atoms with Crippen molar-refractivity contribution in [3.63, 3.8) is 0 Å². The molecule has 0 aliphatic rings. The molecule has 0 atom stereocenters. The molecule has 0 unspecified atom stereocenters. The highest BCUT2D eigenvalue weighted by atomic mass is 79.9. The predicted molar refractivity (Wildman–Crippen MR) is 79.2 cm³/mol. The van der Waals surface area contributed by atoms with Gasteiger partial charge < -0.3 is 0 Å². The number of nitrogens with zero attached hydrogens (tertiary/aromatic N) is 2. The Labute approximate surface area is 119 Å². The molecule has 0 saturated heterocycles. The van der Waals surface area contributed by atoms with E-state index in [-0.39, 0.29) is 0 Å². The third-order valence-corrected chi connectivity index (χ3v) is 7.42. The maximum atomic E-state index is 4.19. The smallest absolute Gasteiger partial charge is 0.131 e. The minimum Gasteiger partial charge on any atom is -0.131 e. The van der Waals surface area contributed by atoms with E-state index < -0.39 is 0 Å². The third kappa shape index (κ3) is 3.89. The highest BCUT2D eigenvalue weighted by Gasteiger charge is 2.25. The van der Waals surface area contributed by atoms with E-state index in [1.165, 1.54) is 12.8 Å². The van der Waals surface area contributed by atoms with E-state index >= 15 is 0 Å². The van der Waals surface area contributed by atoms with Crippen LogP contribution in [0.5, 0.6) is 0 Å². The van der Waals surface area contributed by atoms with Gasteiger partial charge in [0.2, 0.25) is 0 Å². The number of thioether (sulfide) groups is 2. The normalized spacial score (nSPS) is 12.0. The Morgan fingerprint density at radius 1 is 1.25 bits per heavy atom. The van der Waals surface area contributed by atoms with Crippen molar-refractivity contribution in [1.82, 2.24) is 10.2 Å². The molecule has 2 nitrogen and oxygen atoms in total. The molecule has 92 valence electrons. The Balaban J connectivity index is 2.55. The fraction of sp³-hybridized carbons (Fsp3) is 0.800. The van der Waals surface area contributed by atoms with Gasteiger partial charge in [-0.3, -0.25) is 0 Å². The van der Waals surface area contributed by atoms with Crippen molar-refractivity contribution in [1.29, 1.82) is 0 Å². The van der Waals surface area contributed by atoms with E-state index in [0.717, 1.165) is 19.8 Å². The van der Waals surface area contributed by atoms with Crippen LogP contribution < -0.4 is 0 Å². The van der Waals surface area contributed by atoms with Crippen LogP contribution in [0.2, 0.25) is 0 Å². The molecular formula is C10H17BrN2S3. The van der Waals surface area contributed by atoms with Gasteiger partial charge in [-0.25, -0.2) is 0 Å². The summed E-state index contributed by atoms with van der Waals surface area (Å²) < 4.78 is 2.15. The average molecular weight is 341 g/mol. The van der Waals surface area contributed by atoms with Crippen LogP contribution in [-0.4, -0.2) is 27.5 Å². The molecule has 0 amide bonds. The van der Waals surface area contributed by atoms with Gasteiger partial charge in [-0.05, 0) is 24.5 Å². The number of halogens is 1. The number of hydrogen-bond acceptors (Lipinski definition) is 5. The Hall–Kier alpha value is 0.740. The molecule has 0 aromatic carbocycles. The summed E-state index contributed by atoms with van der Waals surface area (Å²) in [5.74, 6) is 1.12. The zero-order valence-corrected chi connectivity index (χ0v) is 13.9.